The van der Waals surface area contributed by atoms with Gasteiger partial charge in [0.1, 0.15) is 0 Å². The average Bonchev–Trinajstić information content (AvgIpc) is 3.11. The smallest absolute Gasteiger partial charge is 0.279 e. The van der Waals surface area contributed by atoms with Crippen LogP contribution in [0.5, 0.6) is 0 Å². The van der Waals surface area contributed by atoms with E-state index in [1.807, 2.05) is 30.3 Å². The Bertz CT molecular complexity index is 1230. The lowest BCUT2D eigenvalue weighted by Crippen LogP contribution is -2.22. The van der Waals surface area contributed by atoms with Crippen LogP contribution in [-0.2, 0) is 11.9 Å². The first kappa shape index (κ1) is 19.3. The Morgan fingerprint density at radius 3 is 2.48 bits per heavy atom. The molecule has 0 radical (unpaired) electrons. The zero-order valence-electron chi connectivity index (χ0n) is 15.2. The largest absolute Gasteiger partial charge is 0.416 e. The molecule has 4 aromatic rings. The van der Waals surface area contributed by atoms with Crippen molar-refractivity contribution in [3.05, 3.63) is 88.0 Å². The highest BCUT2D eigenvalue weighted by atomic mass is 32.2. The van der Waals surface area contributed by atoms with Gasteiger partial charge in [-0.25, -0.2) is 0 Å². The number of rotatable bonds is 4. The van der Waals surface area contributed by atoms with Crippen LogP contribution in [0.25, 0.3) is 11.3 Å². The van der Waals surface area contributed by atoms with Crippen molar-refractivity contribution in [2.24, 2.45) is 0 Å². The molecule has 2 aromatic carbocycles. The minimum atomic E-state index is -4.50. The number of hydrogen-bond acceptors (Lipinski definition) is 4. The summed E-state index contributed by atoms with van der Waals surface area (Å²) >= 11 is 1.42. The van der Waals surface area contributed by atoms with E-state index in [9.17, 15) is 18.0 Å². The van der Waals surface area contributed by atoms with Gasteiger partial charge in [-0.1, -0.05) is 48.2 Å². The molecule has 0 aliphatic rings. The molecule has 9 heteroatoms. The fourth-order valence-electron chi connectivity index (χ4n) is 3.07. The van der Waals surface area contributed by atoms with Crippen LogP contribution in [0.4, 0.5) is 13.2 Å². The molecule has 0 aliphatic heterocycles. The molecule has 0 amide bonds. The highest BCUT2D eigenvalue weighted by Crippen LogP contribution is 2.33. The number of fused-ring (bicyclic) bond motifs is 1. The molecule has 0 N–H and O–H groups in total. The van der Waals surface area contributed by atoms with Gasteiger partial charge in [0.2, 0.25) is 5.65 Å². The van der Waals surface area contributed by atoms with Crippen LogP contribution in [0.2, 0.25) is 0 Å². The third-order valence-corrected chi connectivity index (χ3v) is 5.53. The summed E-state index contributed by atoms with van der Waals surface area (Å²) in [5.74, 6) is 0.650. The molecule has 2 aromatic heterocycles. The van der Waals surface area contributed by atoms with E-state index in [2.05, 4.69) is 10.2 Å². The van der Waals surface area contributed by atoms with Gasteiger partial charge in [-0.05, 0) is 30.2 Å². The minimum absolute atomic E-state index is 0.0235. The zero-order chi connectivity index (χ0) is 20.6. The van der Waals surface area contributed by atoms with Crippen LogP contribution < -0.4 is 5.56 Å². The van der Waals surface area contributed by atoms with E-state index in [1.165, 1.54) is 41.6 Å². The summed E-state index contributed by atoms with van der Waals surface area (Å²) in [7, 11) is 0. The van der Waals surface area contributed by atoms with Gasteiger partial charge in [0.15, 0.2) is 5.16 Å². The van der Waals surface area contributed by atoms with E-state index in [0.717, 1.165) is 11.6 Å². The van der Waals surface area contributed by atoms with Crippen molar-refractivity contribution in [2.45, 2.75) is 24.0 Å². The number of alkyl halides is 3. The lowest BCUT2D eigenvalue weighted by atomic mass is 10.1. The van der Waals surface area contributed by atoms with Crippen LogP contribution in [0, 0.1) is 6.92 Å². The fraction of sp³-hybridized carbons (Fsp3) is 0.150. The van der Waals surface area contributed by atoms with E-state index >= 15 is 0 Å². The van der Waals surface area contributed by atoms with E-state index in [0.29, 0.717) is 10.9 Å². The Kier molecular flexibility index (Phi) is 4.91. The molecule has 0 fully saturated rings. The van der Waals surface area contributed by atoms with Crippen LogP contribution in [-0.4, -0.2) is 19.2 Å². The van der Waals surface area contributed by atoms with Crippen LogP contribution in [0.1, 0.15) is 16.7 Å². The summed E-state index contributed by atoms with van der Waals surface area (Å²) in [5, 5.41) is 8.56. The maximum Gasteiger partial charge on any atom is 0.416 e. The van der Waals surface area contributed by atoms with Crippen molar-refractivity contribution in [3.8, 4) is 5.69 Å². The lowest BCUT2D eigenvalue weighted by molar-refractivity contribution is -0.138. The summed E-state index contributed by atoms with van der Waals surface area (Å²) in [6.45, 7) is 1.35. The second kappa shape index (κ2) is 7.40. The molecule has 5 nitrogen and oxygen atoms in total. The fourth-order valence-corrected chi connectivity index (χ4v) is 3.94. The lowest BCUT2D eigenvalue weighted by Gasteiger charge is -2.15. The van der Waals surface area contributed by atoms with Gasteiger partial charge >= 0.3 is 11.7 Å². The first-order valence-electron chi connectivity index (χ1n) is 8.66. The van der Waals surface area contributed by atoms with Crippen molar-refractivity contribution in [1.82, 2.24) is 19.2 Å². The van der Waals surface area contributed by atoms with E-state index in [-0.39, 0.29) is 16.9 Å². The van der Waals surface area contributed by atoms with Gasteiger partial charge in [-0.15, -0.1) is 10.2 Å². The Morgan fingerprint density at radius 1 is 1.00 bits per heavy atom. The van der Waals surface area contributed by atoms with E-state index < -0.39 is 17.3 Å². The Hall–Kier alpha value is -3.07. The third kappa shape index (κ3) is 3.65. The molecule has 2 heterocycles. The molecule has 148 valence electrons. The van der Waals surface area contributed by atoms with Gasteiger partial charge < -0.3 is 0 Å². The number of halogens is 3. The van der Waals surface area contributed by atoms with E-state index in [1.54, 1.807) is 10.6 Å². The molecular formula is C20H15F3N4OS. The van der Waals surface area contributed by atoms with Crippen molar-refractivity contribution in [1.29, 1.82) is 0 Å². The SMILES string of the molecule is Cc1c(-n2ccn3c(SCc4ccccc4)nnc3c2=O)cccc1C(F)(F)F. The second-order valence-electron chi connectivity index (χ2n) is 6.37. The van der Waals surface area contributed by atoms with Crippen molar-refractivity contribution < 1.29 is 13.2 Å². The molecule has 4 rings (SSSR count). The van der Waals surface area contributed by atoms with Crippen LogP contribution >= 0.6 is 11.8 Å². The van der Waals surface area contributed by atoms with Crippen molar-refractivity contribution in [3.63, 3.8) is 0 Å². The Morgan fingerprint density at radius 2 is 1.76 bits per heavy atom. The second-order valence-corrected chi connectivity index (χ2v) is 7.31. The van der Waals surface area contributed by atoms with Gasteiger partial charge in [0.05, 0.1) is 11.3 Å². The predicted octanol–water partition coefficient (Wildman–Crippen LogP) is 4.50. The van der Waals surface area contributed by atoms with Crippen molar-refractivity contribution >= 4 is 17.4 Å². The molecule has 0 saturated heterocycles. The molecular weight excluding hydrogens is 401 g/mol. The zero-order valence-corrected chi connectivity index (χ0v) is 16.0. The summed E-state index contributed by atoms with van der Waals surface area (Å²) < 4.78 is 42.3. The summed E-state index contributed by atoms with van der Waals surface area (Å²) in [6.07, 6.45) is -1.47. The molecule has 29 heavy (non-hydrogen) atoms. The van der Waals surface area contributed by atoms with Gasteiger partial charge in [0.25, 0.3) is 0 Å². The van der Waals surface area contributed by atoms with Gasteiger partial charge in [0, 0.05) is 18.1 Å². The normalized spacial score (nSPS) is 11.9. The van der Waals surface area contributed by atoms with Crippen LogP contribution in [0.3, 0.4) is 0 Å². The standard InChI is InChI=1S/C20H15F3N4OS/c1-13-15(20(21,22)23)8-5-9-16(13)26-10-11-27-17(18(26)28)24-25-19(27)29-12-14-6-3-2-4-7-14/h2-11H,12H2,1H3. The van der Waals surface area contributed by atoms with Gasteiger partial charge in [-0.3, -0.25) is 13.8 Å². The minimum Gasteiger partial charge on any atom is -0.279 e. The number of aromatic nitrogens is 4. The number of thioether (sulfide) groups is 1. The summed E-state index contributed by atoms with van der Waals surface area (Å²) in [5.41, 5.74) is -0.0168. The van der Waals surface area contributed by atoms with Gasteiger partial charge in [-0.2, -0.15) is 13.2 Å². The first-order chi connectivity index (χ1) is 13.9. The molecule has 0 atom stereocenters. The average molecular weight is 416 g/mol. The third-order valence-electron chi connectivity index (χ3n) is 4.52. The molecule has 0 unspecified atom stereocenters. The number of hydrogen-bond donors (Lipinski definition) is 0. The van der Waals surface area contributed by atoms with Crippen LogP contribution in [0.15, 0.2) is 70.9 Å². The molecule has 0 spiro atoms. The Balaban J connectivity index is 1.72. The molecule has 0 bridgehead atoms. The highest BCUT2D eigenvalue weighted by molar-refractivity contribution is 7.98. The highest BCUT2D eigenvalue weighted by Gasteiger charge is 2.33. The topological polar surface area (TPSA) is 52.2 Å². The predicted molar refractivity (Wildman–Crippen MR) is 104 cm³/mol. The van der Waals surface area contributed by atoms with Crippen molar-refractivity contribution in [2.75, 3.05) is 0 Å². The summed E-state index contributed by atoms with van der Waals surface area (Å²) in [6, 6.07) is 13.5. The number of nitrogens with zero attached hydrogens (tertiary/aromatic N) is 4. The number of benzene rings is 2. The first-order valence-corrected chi connectivity index (χ1v) is 9.65. The van der Waals surface area contributed by atoms with E-state index in [4.69, 9.17) is 0 Å². The molecule has 0 aliphatic carbocycles. The summed E-state index contributed by atoms with van der Waals surface area (Å²) in [4.78, 5) is 12.9. The maximum atomic E-state index is 13.2. The molecule has 0 saturated carbocycles. The monoisotopic (exact) mass is 416 g/mol. The quantitative estimate of drug-likeness (QED) is 0.460. The Labute approximate surface area is 167 Å². The maximum absolute atomic E-state index is 13.2.